The quantitative estimate of drug-likeness (QED) is 0.626. The van der Waals surface area contributed by atoms with E-state index in [2.05, 4.69) is 27.7 Å². The van der Waals surface area contributed by atoms with Crippen LogP contribution in [-0.2, 0) is 0 Å². The van der Waals surface area contributed by atoms with Crippen LogP contribution in [0.4, 0.5) is 6.01 Å². The third-order valence-corrected chi connectivity index (χ3v) is 1.36. The van der Waals surface area contributed by atoms with E-state index in [1.54, 1.807) is 6.92 Å². The molecule has 0 atom stereocenters. The van der Waals surface area contributed by atoms with Gasteiger partial charge in [0.05, 0.1) is 0 Å². The molecule has 0 amide bonds. The fourth-order valence-corrected chi connectivity index (χ4v) is 0.803. The summed E-state index contributed by atoms with van der Waals surface area (Å²) in [5, 5.41) is 9.82. The zero-order valence-corrected chi connectivity index (χ0v) is 7.42. The minimum atomic E-state index is 0.491. The van der Waals surface area contributed by atoms with E-state index in [0.717, 1.165) is 19.6 Å². The molecule has 2 N–H and O–H groups in total. The monoisotopic (exact) mass is 170 g/mol. The van der Waals surface area contributed by atoms with E-state index >= 15 is 0 Å². The van der Waals surface area contributed by atoms with Crippen LogP contribution in [0.25, 0.3) is 0 Å². The standard InChI is InChI=1S/C7H14N4O/c1-3-8-4-5-9-7-10-6(2)11-12-7/h8H,3-5H2,1-2H3,(H,9,10,11). The minimum Gasteiger partial charge on any atom is -0.336 e. The van der Waals surface area contributed by atoms with Crippen molar-refractivity contribution in [2.45, 2.75) is 13.8 Å². The molecule has 0 saturated carbocycles. The summed E-state index contributed by atoms with van der Waals surface area (Å²) < 4.78 is 4.84. The Balaban J connectivity index is 2.15. The second-order valence-corrected chi connectivity index (χ2v) is 2.43. The lowest BCUT2D eigenvalue weighted by atomic mass is 10.6. The molecule has 0 aromatic carbocycles. The zero-order chi connectivity index (χ0) is 8.81. The Labute approximate surface area is 71.5 Å². The molecule has 0 aliphatic heterocycles. The number of aromatic nitrogens is 2. The van der Waals surface area contributed by atoms with Crippen LogP contribution >= 0.6 is 0 Å². The predicted molar refractivity (Wildman–Crippen MR) is 46.1 cm³/mol. The molecule has 0 saturated heterocycles. The molecule has 0 spiro atoms. The first-order valence-electron chi connectivity index (χ1n) is 4.08. The molecule has 5 heteroatoms. The Morgan fingerprint density at radius 2 is 2.25 bits per heavy atom. The van der Waals surface area contributed by atoms with Gasteiger partial charge in [0.25, 0.3) is 0 Å². The van der Waals surface area contributed by atoms with Crippen LogP contribution in [0.1, 0.15) is 12.7 Å². The van der Waals surface area contributed by atoms with Crippen LogP contribution in [0.15, 0.2) is 4.52 Å². The van der Waals surface area contributed by atoms with Crippen LogP contribution in [-0.4, -0.2) is 29.8 Å². The van der Waals surface area contributed by atoms with Crippen molar-refractivity contribution in [3.63, 3.8) is 0 Å². The smallest absolute Gasteiger partial charge is 0.321 e. The molecule has 0 bridgehead atoms. The maximum atomic E-state index is 4.84. The summed E-state index contributed by atoms with van der Waals surface area (Å²) in [6.07, 6.45) is 0. The third kappa shape index (κ3) is 2.87. The van der Waals surface area contributed by atoms with Crippen molar-refractivity contribution in [2.24, 2.45) is 0 Å². The predicted octanol–water partition coefficient (Wildman–Crippen LogP) is 0.399. The van der Waals surface area contributed by atoms with Crippen LogP contribution in [0.2, 0.25) is 0 Å². The maximum absolute atomic E-state index is 4.84. The summed E-state index contributed by atoms with van der Waals surface area (Å²) in [6.45, 7) is 6.54. The van der Waals surface area contributed by atoms with Gasteiger partial charge in [0.1, 0.15) is 0 Å². The van der Waals surface area contributed by atoms with Gasteiger partial charge in [-0.2, -0.15) is 4.98 Å². The topological polar surface area (TPSA) is 63.0 Å². The highest BCUT2D eigenvalue weighted by Gasteiger charge is 1.98. The molecule has 0 fully saturated rings. The van der Waals surface area contributed by atoms with E-state index in [-0.39, 0.29) is 0 Å². The third-order valence-electron chi connectivity index (χ3n) is 1.36. The Bertz CT molecular complexity index is 223. The molecule has 0 unspecified atom stereocenters. The number of rotatable bonds is 5. The van der Waals surface area contributed by atoms with Gasteiger partial charge in [-0.3, -0.25) is 0 Å². The molecule has 5 nitrogen and oxygen atoms in total. The number of nitrogens with one attached hydrogen (secondary N) is 2. The normalized spacial score (nSPS) is 10.2. The summed E-state index contributed by atoms with van der Waals surface area (Å²) in [4.78, 5) is 3.99. The minimum absolute atomic E-state index is 0.491. The van der Waals surface area contributed by atoms with Crippen molar-refractivity contribution in [1.82, 2.24) is 15.5 Å². The second-order valence-electron chi connectivity index (χ2n) is 2.43. The van der Waals surface area contributed by atoms with Crippen molar-refractivity contribution >= 4 is 6.01 Å². The molecular formula is C7H14N4O. The molecular weight excluding hydrogens is 156 g/mol. The zero-order valence-electron chi connectivity index (χ0n) is 7.42. The highest BCUT2D eigenvalue weighted by atomic mass is 16.5. The highest BCUT2D eigenvalue weighted by Crippen LogP contribution is 1.99. The van der Waals surface area contributed by atoms with Gasteiger partial charge in [0.15, 0.2) is 5.82 Å². The lowest BCUT2D eigenvalue weighted by Gasteiger charge is -2.00. The van der Waals surface area contributed by atoms with Gasteiger partial charge >= 0.3 is 6.01 Å². The van der Waals surface area contributed by atoms with Crippen molar-refractivity contribution in [2.75, 3.05) is 25.0 Å². The van der Waals surface area contributed by atoms with Crippen molar-refractivity contribution in [1.29, 1.82) is 0 Å². The molecule has 0 aliphatic carbocycles. The first kappa shape index (κ1) is 8.99. The average Bonchev–Trinajstić information content (AvgIpc) is 2.45. The van der Waals surface area contributed by atoms with Crippen molar-refractivity contribution < 1.29 is 4.52 Å². The first-order chi connectivity index (χ1) is 5.83. The van der Waals surface area contributed by atoms with Crippen LogP contribution < -0.4 is 10.6 Å². The Morgan fingerprint density at radius 1 is 1.42 bits per heavy atom. The molecule has 12 heavy (non-hydrogen) atoms. The molecule has 1 aromatic heterocycles. The molecule has 1 heterocycles. The van der Waals surface area contributed by atoms with E-state index in [4.69, 9.17) is 4.52 Å². The number of anilines is 1. The van der Waals surface area contributed by atoms with Gasteiger partial charge in [0, 0.05) is 13.1 Å². The fourth-order valence-electron chi connectivity index (χ4n) is 0.803. The van der Waals surface area contributed by atoms with E-state index in [1.165, 1.54) is 0 Å². The lowest BCUT2D eigenvalue weighted by Crippen LogP contribution is -2.21. The summed E-state index contributed by atoms with van der Waals surface area (Å²) in [5.41, 5.74) is 0. The van der Waals surface area contributed by atoms with Crippen LogP contribution in [0, 0.1) is 6.92 Å². The van der Waals surface area contributed by atoms with Crippen LogP contribution in [0.3, 0.4) is 0 Å². The molecule has 1 aromatic rings. The number of likely N-dealkylation sites (N-methyl/N-ethyl adjacent to an activating group) is 1. The number of aryl methyl sites for hydroxylation is 1. The largest absolute Gasteiger partial charge is 0.336 e. The first-order valence-corrected chi connectivity index (χ1v) is 4.08. The second kappa shape index (κ2) is 4.71. The fraction of sp³-hybridized carbons (Fsp3) is 0.714. The van der Waals surface area contributed by atoms with Crippen LogP contribution in [0.5, 0.6) is 0 Å². The van der Waals surface area contributed by atoms with E-state index in [9.17, 15) is 0 Å². The van der Waals surface area contributed by atoms with Gasteiger partial charge in [0.2, 0.25) is 0 Å². The van der Waals surface area contributed by atoms with E-state index in [0.29, 0.717) is 11.8 Å². The van der Waals surface area contributed by atoms with Gasteiger partial charge in [-0.15, -0.1) is 0 Å². The van der Waals surface area contributed by atoms with Gasteiger partial charge in [-0.05, 0) is 13.5 Å². The Hall–Kier alpha value is -1.10. The highest BCUT2D eigenvalue weighted by molar-refractivity contribution is 5.17. The summed E-state index contributed by atoms with van der Waals surface area (Å²) in [6, 6.07) is 0.491. The number of hydrogen-bond donors (Lipinski definition) is 2. The number of hydrogen-bond acceptors (Lipinski definition) is 5. The van der Waals surface area contributed by atoms with E-state index < -0.39 is 0 Å². The average molecular weight is 170 g/mol. The van der Waals surface area contributed by atoms with Crippen molar-refractivity contribution in [3.05, 3.63) is 5.82 Å². The molecule has 0 radical (unpaired) electrons. The Kier molecular flexibility index (Phi) is 3.53. The molecule has 0 aliphatic rings. The van der Waals surface area contributed by atoms with Crippen molar-refractivity contribution in [3.8, 4) is 0 Å². The lowest BCUT2D eigenvalue weighted by molar-refractivity contribution is 0.425. The maximum Gasteiger partial charge on any atom is 0.321 e. The number of nitrogens with zero attached hydrogens (tertiary/aromatic N) is 2. The SMILES string of the molecule is CCNCCNc1nc(C)no1. The van der Waals surface area contributed by atoms with Gasteiger partial charge < -0.3 is 15.2 Å². The summed E-state index contributed by atoms with van der Waals surface area (Å²) in [5.74, 6) is 0.654. The molecule has 1 rings (SSSR count). The van der Waals surface area contributed by atoms with Gasteiger partial charge in [-0.1, -0.05) is 12.1 Å². The van der Waals surface area contributed by atoms with E-state index in [1.807, 2.05) is 0 Å². The summed E-state index contributed by atoms with van der Waals surface area (Å²) >= 11 is 0. The van der Waals surface area contributed by atoms with Gasteiger partial charge in [-0.25, -0.2) is 0 Å². The Morgan fingerprint density at radius 3 is 2.83 bits per heavy atom. The summed E-state index contributed by atoms with van der Waals surface area (Å²) in [7, 11) is 0. The molecule has 68 valence electrons.